The highest BCUT2D eigenvalue weighted by Gasteiger charge is 2.39. The summed E-state index contributed by atoms with van der Waals surface area (Å²) in [4.78, 5) is 0. The molecule has 0 saturated heterocycles. The van der Waals surface area contributed by atoms with Crippen molar-refractivity contribution in [2.24, 2.45) is 17.2 Å². The third-order valence-corrected chi connectivity index (χ3v) is 5.40. The zero-order valence-corrected chi connectivity index (χ0v) is 12.2. The Labute approximate surface area is 116 Å². The quantitative estimate of drug-likeness (QED) is 0.643. The average molecular weight is 258 g/mol. The normalized spacial score (nSPS) is 26.4. The summed E-state index contributed by atoms with van der Waals surface area (Å²) >= 11 is 0. The molecule has 1 fully saturated rings. The third-order valence-electron chi connectivity index (χ3n) is 5.40. The maximum Gasteiger partial charge on any atom is 0.0493 e. The van der Waals surface area contributed by atoms with Crippen molar-refractivity contribution < 1.29 is 0 Å². The van der Waals surface area contributed by atoms with Crippen molar-refractivity contribution in [1.29, 1.82) is 0 Å². The molecule has 2 aliphatic rings. The van der Waals surface area contributed by atoms with E-state index < -0.39 is 0 Å². The molecule has 2 aliphatic carbocycles. The van der Waals surface area contributed by atoms with Gasteiger partial charge in [-0.25, -0.2) is 0 Å². The molecule has 1 saturated carbocycles. The number of nitrogens with one attached hydrogen (secondary N) is 1. The number of hydrogen-bond donors (Lipinski definition) is 2. The maximum atomic E-state index is 5.90. The molecule has 2 nitrogen and oxygen atoms in total. The van der Waals surface area contributed by atoms with Crippen molar-refractivity contribution in [2.45, 2.75) is 58.4 Å². The Morgan fingerprint density at radius 3 is 2.68 bits per heavy atom. The molecule has 2 unspecified atom stereocenters. The second kappa shape index (κ2) is 4.92. The molecular formula is C17H26N2. The zero-order valence-electron chi connectivity index (χ0n) is 12.2. The summed E-state index contributed by atoms with van der Waals surface area (Å²) in [6.07, 6.45) is 7.76. The maximum absolute atomic E-state index is 5.90. The van der Waals surface area contributed by atoms with Gasteiger partial charge in [-0.1, -0.05) is 38.5 Å². The van der Waals surface area contributed by atoms with E-state index in [4.69, 9.17) is 5.84 Å². The van der Waals surface area contributed by atoms with Crippen LogP contribution < -0.4 is 11.3 Å². The van der Waals surface area contributed by atoms with Crippen LogP contribution in [0.15, 0.2) is 18.2 Å². The molecule has 2 heteroatoms. The van der Waals surface area contributed by atoms with Crippen molar-refractivity contribution in [2.75, 3.05) is 0 Å². The molecule has 0 bridgehead atoms. The summed E-state index contributed by atoms with van der Waals surface area (Å²) in [5.41, 5.74) is 7.99. The van der Waals surface area contributed by atoms with Gasteiger partial charge < -0.3 is 0 Å². The highest BCUT2D eigenvalue weighted by molar-refractivity contribution is 5.37. The van der Waals surface area contributed by atoms with Crippen LogP contribution in [-0.4, -0.2) is 0 Å². The van der Waals surface area contributed by atoms with Crippen molar-refractivity contribution in [1.82, 2.24) is 5.43 Å². The molecule has 0 radical (unpaired) electrons. The molecule has 1 aromatic carbocycles. The van der Waals surface area contributed by atoms with E-state index in [9.17, 15) is 0 Å². The molecule has 0 heterocycles. The van der Waals surface area contributed by atoms with Crippen LogP contribution in [0.1, 0.15) is 62.3 Å². The first-order valence-electron chi connectivity index (χ1n) is 7.69. The first kappa shape index (κ1) is 13.1. The van der Waals surface area contributed by atoms with Gasteiger partial charge in [0.1, 0.15) is 0 Å². The average Bonchev–Trinajstić information content (AvgIpc) is 2.97. The fourth-order valence-corrected chi connectivity index (χ4v) is 4.20. The Morgan fingerprint density at radius 2 is 2.00 bits per heavy atom. The Balaban J connectivity index is 1.90. The lowest BCUT2D eigenvalue weighted by Gasteiger charge is -2.34. The molecular weight excluding hydrogens is 232 g/mol. The second-order valence-corrected chi connectivity index (χ2v) is 7.01. The third kappa shape index (κ3) is 2.32. The number of rotatable bonds is 3. The highest BCUT2D eigenvalue weighted by atomic mass is 15.2. The van der Waals surface area contributed by atoms with Crippen LogP contribution in [0, 0.1) is 11.3 Å². The van der Waals surface area contributed by atoms with Gasteiger partial charge in [-0.15, -0.1) is 0 Å². The molecule has 19 heavy (non-hydrogen) atoms. The van der Waals surface area contributed by atoms with Crippen molar-refractivity contribution in [3.63, 3.8) is 0 Å². The Kier molecular flexibility index (Phi) is 3.40. The molecule has 3 N–H and O–H groups in total. The minimum atomic E-state index is 0.309. The fraction of sp³-hybridized carbons (Fsp3) is 0.647. The summed E-state index contributed by atoms with van der Waals surface area (Å²) in [5, 5.41) is 0. The van der Waals surface area contributed by atoms with E-state index in [1.165, 1.54) is 44.1 Å². The van der Waals surface area contributed by atoms with E-state index in [0.29, 0.717) is 17.4 Å². The van der Waals surface area contributed by atoms with Crippen LogP contribution in [0.4, 0.5) is 0 Å². The van der Waals surface area contributed by atoms with Crippen LogP contribution in [0.2, 0.25) is 0 Å². The first-order valence-corrected chi connectivity index (χ1v) is 7.69. The Morgan fingerprint density at radius 1 is 1.21 bits per heavy atom. The van der Waals surface area contributed by atoms with Crippen molar-refractivity contribution in [3.05, 3.63) is 34.9 Å². The molecule has 2 atom stereocenters. The van der Waals surface area contributed by atoms with Gasteiger partial charge in [0.2, 0.25) is 0 Å². The van der Waals surface area contributed by atoms with E-state index in [2.05, 4.69) is 37.5 Å². The van der Waals surface area contributed by atoms with E-state index in [0.717, 1.165) is 0 Å². The summed E-state index contributed by atoms with van der Waals surface area (Å²) in [5.74, 6) is 6.55. The van der Waals surface area contributed by atoms with Crippen LogP contribution >= 0.6 is 0 Å². The minimum absolute atomic E-state index is 0.309. The molecule has 0 spiro atoms. The molecule has 0 aromatic heterocycles. The Bertz CT molecular complexity index is 464. The number of nitrogens with two attached hydrogens (primary N) is 1. The monoisotopic (exact) mass is 258 g/mol. The molecule has 3 rings (SSSR count). The smallest absolute Gasteiger partial charge is 0.0493 e. The van der Waals surface area contributed by atoms with E-state index >= 15 is 0 Å². The molecule has 0 amide bonds. The van der Waals surface area contributed by atoms with Crippen LogP contribution in [0.25, 0.3) is 0 Å². The fourth-order valence-electron chi connectivity index (χ4n) is 4.20. The van der Waals surface area contributed by atoms with Gasteiger partial charge in [-0.05, 0) is 60.1 Å². The topological polar surface area (TPSA) is 38.0 Å². The summed E-state index contributed by atoms with van der Waals surface area (Å²) < 4.78 is 0. The predicted octanol–water partition coefficient (Wildman–Crippen LogP) is 3.51. The van der Waals surface area contributed by atoms with Crippen LogP contribution in [-0.2, 0) is 12.8 Å². The summed E-state index contributed by atoms with van der Waals surface area (Å²) in [7, 11) is 0. The first-order chi connectivity index (χ1) is 9.12. The van der Waals surface area contributed by atoms with Gasteiger partial charge >= 0.3 is 0 Å². The van der Waals surface area contributed by atoms with Gasteiger partial charge in [-0.2, -0.15) is 0 Å². The summed E-state index contributed by atoms with van der Waals surface area (Å²) in [6.45, 7) is 4.78. The standard InChI is InChI=1S/C17H26N2/c1-17(2)10-4-7-15(17)16(19-18)14-9-8-12-5-3-6-13(12)11-14/h8-9,11,15-16,19H,3-7,10,18H2,1-2H3. The predicted molar refractivity (Wildman–Crippen MR) is 79.7 cm³/mol. The zero-order chi connectivity index (χ0) is 13.5. The summed E-state index contributed by atoms with van der Waals surface area (Å²) in [6, 6.07) is 7.33. The lowest BCUT2D eigenvalue weighted by Crippen LogP contribution is -2.37. The molecule has 1 aromatic rings. The number of benzene rings is 1. The molecule has 0 aliphatic heterocycles. The van der Waals surface area contributed by atoms with E-state index in [1.807, 2.05) is 0 Å². The van der Waals surface area contributed by atoms with E-state index in [-0.39, 0.29) is 0 Å². The number of hydrogen-bond acceptors (Lipinski definition) is 2. The van der Waals surface area contributed by atoms with Gasteiger partial charge in [0.05, 0.1) is 0 Å². The van der Waals surface area contributed by atoms with Gasteiger partial charge in [0.15, 0.2) is 0 Å². The largest absolute Gasteiger partial charge is 0.271 e. The van der Waals surface area contributed by atoms with E-state index in [1.54, 1.807) is 11.1 Å². The van der Waals surface area contributed by atoms with Gasteiger partial charge in [0, 0.05) is 6.04 Å². The van der Waals surface area contributed by atoms with Crippen LogP contribution in [0.5, 0.6) is 0 Å². The second-order valence-electron chi connectivity index (χ2n) is 7.01. The number of hydrazine groups is 1. The number of fused-ring (bicyclic) bond motifs is 1. The number of aryl methyl sites for hydroxylation is 2. The SMILES string of the molecule is CC1(C)CCCC1C(NN)c1ccc2c(c1)CCC2. The van der Waals surface area contributed by atoms with Gasteiger partial charge in [-0.3, -0.25) is 11.3 Å². The molecule has 104 valence electrons. The highest BCUT2D eigenvalue weighted by Crippen LogP contribution is 2.48. The van der Waals surface area contributed by atoms with Crippen molar-refractivity contribution in [3.8, 4) is 0 Å². The minimum Gasteiger partial charge on any atom is -0.271 e. The Hall–Kier alpha value is -0.860. The van der Waals surface area contributed by atoms with Crippen molar-refractivity contribution >= 4 is 0 Å². The lowest BCUT2D eigenvalue weighted by atomic mass is 9.75. The van der Waals surface area contributed by atoms with Gasteiger partial charge in [0.25, 0.3) is 0 Å². The van der Waals surface area contributed by atoms with Crippen LogP contribution in [0.3, 0.4) is 0 Å². The lowest BCUT2D eigenvalue weighted by molar-refractivity contribution is 0.198.